The Hall–Kier alpha value is -1.46. The predicted molar refractivity (Wildman–Crippen MR) is 77.7 cm³/mol. The molecule has 96 valence electrons. The summed E-state index contributed by atoms with van der Waals surface area (Å²) in [5.74, 6) is 1.03. The van der Waals surface area contributed by atoms with E-state index in [1.165, 1.54) is 0 Å². The van der Waals surface area contributed by atoms with Crippen LogP contribution in [-0.2, 0) is 0 Å². The molecule has 0 aliphatic heterocycles. The van der Waals surface area contributed by atoms with Crippen LogP contribution < -0.4 is 5.73 Å². The first-order chi connectivity index (χ1) is 8.66. The normalized spacial score (nSPS) is 11.1. The van der Waals surface area contributed by atoms with Gasteiger partial charge in [0.2, 0.25) is 0 Å². The standard InChI is InChI=1S/C13H18N4S/c1-17(2)5-6-18-13-7-10(3-4-12(13)14)11-8-15-16-9-11/h3-4,7-9H,5-6,14H2,1-2H3,(H,15,16). The van der Waals surface area contributed by atoms with E-state index in [1.807, 2.05) is 24.5 Å². The molecule has 2 aromatic rings. The maximum Gasteiger partial charge on any atom is 0.0565 e. The quantitative estimate of drug-likeness (QED) is 0.641. The third-order valence-corrected chi connectivity index (χ3v) is 3.69. The third-order valence-electron chi connectivity index (χ3n) is 2.64. The number of aromatic amines is 1. The Morgan fingerprint density at radius 3 is 2.83 bits per heavy atom. The van der Waals surface area contributed by atoms with Crippen LogP contribution in [0.5, 0.6) is 0 Å². The van der Waals surface area contributed by atoms with Crippen LogP contribution in [0.3, 0.4) is 0 Å². The van der Waals surface area contributed by atoms with E-state index in [9.17, 15) is 0 Å². The summed E-state index contributed by atoms with van der Waals surface area (Å²) < 4.78 is 0. The highest BCUT2D eigenvalue weighted by molar-refractivity contribution is 7.99. The number of hydrogen-bond donors (Lipinski definition) is 2. The zero-order valence-electron chi connectivity index (χ0n) is 10.7. The first kappa shape index (κ1) is 13.0. The van der Waals surface area contributed by atoms with Crippen molar-refractivity contribution in [3.8, 4) is 11.1 Å². The van der Waals surface area contributed by atoms with E-state index in [-0.39, 0.29) is 0 Å². The van der Waals surface area contributed by atoms with E-state index in [0.717, 1.165) is 34.0 Å². The van der Waals surface area contributed by atoms with Gasteiger partial charge in [0, 0.05) is 34.6 Å². The molecule has 0 saturated heterocycles. The summed E-state index contributed by atoms with van der Waals surface area (Å²) >= 11 is 1.79. The van der Waals surface area contributed by atoms with E-state index in [4.69, 9.17) is 5.73 Å². The van der Waals surface area contributed by atoms with Gasteiger partial charge < -0.3 is 10.6 Å². The topological polar surface area (TPSA) is 57.9 Å². The molecule has 0 aliphatic carbocycles. The van der Waals surface area contributed by atoms with E-state index in [2.05, 4.69) is 35.3 Å². The summed E-state index contributed by atoms with van der Waals surface area (Å²) in [6.45, 7) is 1.04. The van der Waals surface area contributed by atoms with Crippen molar-refractivity contribution in [1.82, 2.24) is 15.1 Å². The van der Waals surface area contributed by atoms with Crippen LogP contribution in [0, 0.1) is 0 Å². The number of nitrogen functional groups attached to an aromatic ring is 1. The summed E-state index contributed by atoms with van der Waals surface area (Å²) in [4.78, 5) is 3.30. The fraction of sp³-hybridized carbons (Fsp3) is 0.308. The molecule has 3 N–H and O–H groups in total. The Kier molecular flexibility index (Phi) is 4.28. The van der Waals surface area contributed by atoms with Gasteiger partial charge in [0.1, 0.15) is 0 Å². The fourth-order valence-corrected chi connectivity index (χ4v) is 2.71. The summed E-state index contributed by atoms with van der Waals surface area (Å²) in [5.41, 5.74) is 9.07. The summed E-state index contributed by atoms with van der Waals surface area (Å²) in [6, 6.07) is 6.11. The van der Waals surface area contributed by atoms with Crippen molar-refractivity contribution in [3.63, 3.8) is 0 Å². The van der Waals surface area contributed by atoms with Crippen molar-refractivity contribution >= 4 is 17.4 Å². The van der Waals surface area contributed by atoms with Gasteiger partial charge in [0.25, 0.3) is 0 Å². The average molecular weight is 262 g/mol. The van der Waals surface area contributed by atoms with Crippen molar-refractivity contribution < 1.29 is 0 Å². The number of nitrogens with two attached hydrogens (primary N) is 1. The maximum atomic E-state index is 6.00. The molecule has 0 unspecified atom stereocenters. The van der Waals surface area contributed by atoms with E-state index in [0.29, 0.717) is 0 Å². The van der Waals surface area contributed by atoms with Gasteiger partial charge in [0.05, 0.1) is 6.20 Å². The van der Waals surface area contributed by atoms with Crippen LogP contribution in [0.1, 0.15) is 0 Å². The van der Waals surface area contributed by atoms with Crippen molar-refractivity contribution in [2.24, 2.45) is 0 Å². The SMILES string of the molecule is CN(C)CCSc1cc(-c2cn[nH]c2)ccc1N. The number of hydrogen-bond acceptors (Lipinski definition) is 4. The molecule has 0 radical (unpaired) electrons. The molecule has 5 heteroatoms. The van der Waals surface area contributed by atoms with E-state index in [1.54, 1.807) is 11.8 Å². The molecule has 0 fully saturated rings. The second kappa shape index (κ2) is 5.93. The number of nitrogens with one attached hydrogen (secondary N) is 1. The Balaban J connectivity index is 2.12. The van der Waals surface area contributed by atoms with Crippen LogP contribution in [0.25, 0.3) is 11.1 Å². The second-order valence-electron chi connectivity index (χ2n) is 4.39. The highest BCUT2D eigenvalue weighted by atomic mass is 32.2. The minimum atomic E-state index is 0.839. The number of benzene rings is 1. The monoisotopic (exact) mass is 262 g/mol. The van der Waals surface area contributed by atoms with Gasteiger partial charge >= 0.3 is 0 Å². The lowest BCUT2D eigenvalue weighted by Gasteiger charge is -2.11. The number of anilines is 1. The molecular weight excluding hydrogens is 244 g/mol. The number of nitrogens with zero attached hydrogens (tertiary/aromatic N) is 2. The van der Waals surface area contributed by atoms with Crippen LogP contribution in [0.2, 0.25) is 0 Å². The fourth-order valence-electron chi connectivity index (χ4n) is 1.59. The molecular formula is C13H18N4S. The highest BCUT2D eigenvalue weighted by Crippen LogP contribution is 2.30. The van der Waals surface area contributed by atoms with Crippen molar-refractivity contribution in [3.05, 3.63) is 30.6 Å². The highest BCUT2D eigenvalue weighted by Gasteiger charge is 2.05. The largest absolute Gasteiger partial charge is 0.398 e. The molecule has 0 atom stereocenters. The van der Waals surface area contributed by atoms with Crippen molar-refractivity contribution in [1.29, 1.82) is 0 Å². The van der Waals surface area contributed by atoms with Crippen molar-refractivity contribution in [2.45, 2.75) is 4.90 Å². The minimum Gasteiger partial charge on any atom is -0.398 e. The van der Waals surface area contributed by atoms with Gasteiger partial charge in [-0.1, -0.05) is 6.07 Å². The Bertz CT molecular complexity index is 494. The van der Waals surface area contributed by atoms with Crippen LogP contribution in [0.4, 0.5) is 5.69 Å². The maximum absolute atomic E-state index is 6.00. The summed E-state index contributed by atoms with van der Waals surface area (Å²) in [7, 11) is 4.15. The number of thioether (sulfide) groups is 1. The number of H-pyrrole nitrogens is 1. The minimum absolute atomic E-state index is 0.839. The van der Waals surface area contributed by atoms with Crippen LogP contribution in [-0.4, -0.2) is 41.5 Å². The van der Waals surface area contributed by atoms with Gasteiger partial charge in [-0.2, -0.15) is 5.10 Å². The molecule has 0 spiro atoms. The smallest absolute Gasteiger partial charge is 0.0565 e. The molecule has 1 heterocycles. The van der Waals surface area contributed by atoms with Gasteiger partial charge in [-0.15, -0.1) is 11.8 Å². The van der Waals surface area contributed by atoms with Crippen LogP contribution in [0.15, 0.2) is 35.5 Å². The first-order valence-corrected chi connectivity index (χ1v) is 6.81. The summed E-state index contributed by atoms with van der Waals surface area (Å²) in [5, 5.41) is 6.79. The predicted octanol–water partition coefficient (Wildman–Crippen LogP) is 2.31. The molecule has 0 aliphatic rings. The van der Waals surface area contributed by atoms with Gasteiger partial charge in [-0.05, 0) is 31.8 Å². The lowest BCUT2D eigenvalue weighted by atomic mass is 10.1. The van der Waals surface area contributed by atoms with E-state index >= 15 is 0 Å². The van der Waals surface area contributed by atoms with Crippen molar-refractivity contribution in [2.75, 3.05) is 32.1 Å². The lowest BCUT2D eigenvalue weighted by molar-refractivity contribution is 0.437. The molecule has 18 heavy (non-hydrogen) atoms. The zero-order chi connectivity index (χ0) is 13.0. The molecule has 2 rings (SSSR count). The number of aromatic nitrogens is 2. The first-order valence-electron chi connectivity index (χ1n) is 5.83. The van der Waals surface area contributed by atoms with Gasteiger partial charge in [0.15, 0.2) is 0 Å². The molecule has 0 saturated carbocycles. The van der Waals surface area contributed by atoms with Gasteiger partial charge in [-0.3, -0.25) is 5.10 Å². The van der Waals surface area contributed by atoms with E-state index < -0.39 is 0 Å². The average Bonchev–Trinajstić information content (AvgIpc) is 2.84. The molecule has 0 amide bonds. The Labute approximate surface area is 112 Å². The molecule has 1 aromatic carbocycles. The Morgan fingerprint density at radius 2 is 2.17 bits per heavy atom. The molecule has 0 bridgehead atoms. The molecule has 1 aromatic heterocycles. The molecule has 4 nitrogen and oxygen atoms in total. The van der Waals surface area contributed by atoms with Crippen LogP contribution >= 0.6 is 11.8 Å². The number of rotatable bonds is 5. The lowest BCUT2D eigenvalue weighted by Crippen LogP contribution is -2.14. The second-order valence-corrected chi connectivity index (χ2v) is 5.53. The van der Waals surface area contributed by atoms with Gasteiger partial charge in [-0.25, -0.2) is 0 Å². The summed E-state index contributed by atoms with van der Waals surface area (Å²) in [6.07, 6.45) is 3.71. The third kappa shape index (κ3) is 3.27. The Morgan fingerprint density at radius 1 is 1.33 bits per heavy atom. The zero-order valence-corrected chi connectivity index (χ0v) is 11.5.